The smallest absolute Gasteiger partial charge is 0.272 e. The van der Waals surface area contributed by atoms with E-state index in [4.69, 9.17) is 0 Å². The van der Waals surface area contributed by atoms with E-state index in [9.17, 15) is 4.79 Å². The third kappa shape index (κ3) is 2.69. The summed E-state index contributed by atoms with van der Waals surface area (Å²) < 4.78 is 1.64. The number of benzene rings is 1. The van der Waals surface area contributed by atoms with Crippen LogP contribution in [0.1, 0.15) is 22.1 Å². The summed E-state index contributed by atoms with van der Waals surface area (Å²) in [5, 5.41) is 4.08. The van der Waals surface area contributed by atoms with Gasteiger partial charge in [0.1, 0.15) is 5.69 Å². The highest BCUT2D eigenvalue weighted by Crippen LogP contribution is 2.24. The van der Waals surface area contributed by atoms with Gasteiger partial charge in [-0.05, 0) is 18.7 Å². The summed E-state index contributed by atoms with van der Waals surface area (Å²) in [4.78, 5) is 16.8. The molecule has 0 bridgehead atoms. The maximum absolute atomic E-state index is 12.6. The van der Waals surface area contributed by atoms with E-state index in [1.807, 2.05) is 23.1 Å². The zero-order chi connectivity index (χ0) is 14.8. The summed E-state index contributed by atoms with van der Waals surface area (Å²) in [6.07, 6.45) is 1.66. The van der Waals surface area contributed by atoms with Crippen molar-refractivity contribution >= 4 is 5.91 Å². The Balaban J connectivity index is 1.80. The van der Waals surface area contributed by atoms with Crippen LogP contribution >= 0.6 is 0 Å². The number of amides is 1. The highest BCUT2D eigenvalue weighted by atomic mass is 16.2. The Bertz CT molecular complexity index is 622. The van der Waals surface area contributed by atoms with E-state index >= 15 is 0 Å². The van der Waals surface area contributed by atoms with E-state index in [0.29, 0.717) is 12.2 Å². The van der Waals surface area contributed by atoms with Crippen LogP contribution < -0.4 is 0 Å². The molecule has 0 saturated carbocycles. The first-order valence-electron chi connectivity index (χ1n) is 7.19. The molecule has 1 saturated heterocycles. The van der Waals surface area contributed by atoms with Crippen LogP contribution in [0.25, 0.3) is 0 Å². The SMILES string of the molecule is CN1CCN(C(=O)c2ccnn2C)C[C@@H]1c1ccccc1. The molecule has 1 aliphatic heterocycles. The number of carbonyl (C=O) groups is 1. The van der Waals surface area contributed by atoms with Crippen LogP contribution in [0, 0.1) is 0 Å². The average Bonchev–Trinajstić information content (AvgIpc) is 2.94. The second kappa shape index (κ2) is 5.69. The second-order valence-corrected chi connectivity index (χ2v) is 5.50. The van der Waals surface area contributed by atoms with E-state index in [1.165, 1.54) is 5.56 Å². The monoisotopic (exact) mass is 284 g/mol. The maximum Gasteiger partial charge on any atom is 0.272 e. The van der Waals surface area contributed by atoms with Gasteiger partial charge >= 0.3 is 0 Å². The molecule has 2 heterocycles. The molecule has 110 valence electrons. The lowest BCUT2D eigenvalue weighted by Gasteiger charge is -2.39. The minimum atomic E-state index is 0.0593. The average molecular weight is 284 g/mol. The Labute approximate surface area is 124 Å². The Morgan fingerprint density at radius 3 is 2.57 bits per heavy atom. The van der Waals surface area contributed by atoms with Crippen LogP contribution in [0.2, 0.25) is 0 Å². The van der Waals surface area contributed by atoms with Gasteiger partial charge in [0.2, 0.25) is 0 Å². The van der Waals surface area contributed by atoms with E-state index in [-0.39, 0.29) is 11.9 Å². The van der Waals surface area contributed by atoms with Gasteiger partial charge in [0.25, 0.3) is 5.91 Å². The van der Waals surface area contributed by atoms with E-state index in [2.05, 4.69) is 29.2 Å². The lowest BCUT2D eigenvalue weighted by atomic mass is 10.0. The van der Waals surface area contributed by atoms with Crippen molar-refractivity contribution in [1.29, 1.82) is 0 Å². The Morgan fingerprint density at radius 2 is 1.90 bits per heavy atom. The summed E-state index contributed by atoms with van der Waals surface area (Å²) in [6, 6.07) is 12.4. The molecule has 1 fully saturated rings. The molecule has 3 rings (SSSR count). The molecule has 0 radical (unpaired) electrons. The molecule has 5 heteroatoms. The topological polar surface area (TPSA) is 41.4 Å². The fraction of sp³-hybridized carbons (Fsp3) is 0.375. The van der Waals surface area contributed by atoms with Gasteiger partial charge in [-0.15, -0.1) is 0 Å². The fourth-order valence-corrected chi connectivity index (χ4v) is 2.84. The lowest BCUT2D eigenvalue weighted by Crippen LogP contribution is -2.49. The summed E-state index contributed by atoms with van der Waals surface area (Å²) in [6.45, 7) is 2.34. The van der Waals surface area contributed by atoms with E-state index in [0.717, 1.165) is 13.1 Å². The van der Waals surface area contributed by atoms with Gasteiger partial charge in [0.15, 0.2) is 0 Å². The molecule has 1 amide bonds. The van der Waals surface area contributed by atoms with Gasteiger partial charge in [-0.25, -0.2) is 0 Å². The zero-order valence-electron chi connectivity index (χ0n) is 12.4. The molecule has 1 aliphatic rings. The van der Waals surface area contributed by atoms with Gasteiger partial charge in [-0.1, -0.05) is 30.3 Å². The number of hydrogen-bond donors (Lipinski definition) is 0. The molecular formula is C16H20N4O. The number of likely N-dealkylation sites (N-methyl/N-ethyl adjacent to an activating group) is 1. The van der Waals surface area contributed by atoms with Crippen LogP contribution in [0.15, 0.2) is 42.6 Å². The summed E-state index contributed by atoms with van der Waals surface area (Å²) in [5.41, 5.74) is 1.90. The van der Waals surface area contributed by atoms with Crippen molar-refractivity contribution in [3.05, 3.63) is 53.9 Å². The van der Waals surface area contributed by atoms with Crippen molar-refractivity contribution in [3.63, 3.8) is 0 Å². The van der Waals surface area contributed by atoms with Crippen LogP contribution in [-0.2, 0) is 7.05 Å². The molecule has 0 aliphatic carbocycles. The third-order valence-corrected chi connectivity index (χ3v) is 4.16. The van der Waals surface area contributed by atoms with Crippen molar-refractivity contribution in [1.82, 2.24) is 19.6 Å². The molecule has 1 aromatic heterocycles. The van der Waals surface area contributed by atoms with Crippen molar-refractivity contribution < 1.29 is 4.79 Å². The maximum atomic E-state index is 12.6. The summed E-state index contributed by atoms with van der Waals surface area (Å²) in [7, 11) is 3.92. The van der Waals surface area contributed by atoms with Crippen LogP contribution in [0.3, 0.4) is 0 Å². The first-order chi connectivity index (χ1) is 10.2. The zero-order valence-corrected chi connectivity index (χ0v) is 12.4. The van der Waals surface area contributed by atoms with Gasteiger partial charge in [0.05, 0.1) is 6.04 Å². The van der Waals surface area contributed by atoms with E-state index in [1.54, 1.807) is 24.0 Å². The Kier molecular flexibility index (Phi) is 3.75. The highest BCUT2D eigenvalue weighted by Gasteiger charge is 2.29. The quantitative estimate of drug-likeness (QED) is 0.840. The lowest BCUT2D eigenvalue weighted by molar-refractivity contribution is 0.0536. The summed E-state index contributed by atoms with van der Waals surface area (Å²) >= 11 is 0. The minimum absolute atomic E-state index is 0.0593. The highest BCUT2D eigenvalue weighted by molar-refractivity contribution is 5.92. The van der Waals surface area contributed by atoms with E-state index < -0.39 is 0 Å². The van der Waals surface area contributed by atoms with Crippen LogP contribution in [0.5, 0.6) is 0 Å². The molecule has 0 N–H and O–H groups in total. The van der Waals surface area contributed by atoms with Crippen molar-refractivity contribution in [3.8, 4) is 0 Å². The first-order valence-corrected chi connectivity index (χ1v) is 7.19. The molecule has 1 aromatic carbocycles. The fourth-order valence-electron chi connectivity index (χ4n) is 2.84. The number of aryl methyl sites for hydroxylation is 1. The third-order valence-electron chi connectivity index (χ3n) is 4.16. The van der Waals surface area contributed by atoms with Crippen LogP contribution in [-0.4, -0.2) is 52.2 Å². The number of piperazine rings is 1. The number of rotatable bonds is 2. The molecule has 0 spiro atoms. The molecule has 1 atom stereocenters. The largest absolute Gasteiger partial charge is 0.334 e. The van der Waals surface area contributed by atoms with Crippen LogP contribution in [0.4, 0.5) is 0 Å². The predicted octanol–water partition coefficient (Wildman–Crippen LogP) is 1.55. The molecular weight excluding hydrogens is 264 g/mol. The number of carbonyl (C=O) groups excluding carboxylic acids is 1. The Hall–Kier alpha value is -2.14. The number of aromatic nitrogens is 2. The molecule has 2 aromatic rings. The van der Waals surface area contributed by atoms with Gasteiger partial charge in [-0.3, -0.25) is 14.4 Å². The minimum Gasteiger partial charge on any atom is -0.334 e. The number of nitrogens with zero attached hydrogens (tertiary/aromatic N) is 4. The van der Waals surface area contributed by atoms with Crippen molar-refractivity contribution in [2.45, 2.75) is 6.04 Å². The van der Waals surface area contributed by atoms with Gasteiger partial charge in [-0.2, -0.15) is 5.10 Å². The Morgan fingerprint density at radius 1 is 1.14 bits per heavy atom. The second-order valence-electron chi connectivity index (χ2n) is 5.50. The predicted molar refractivity (Wildman–Crippen MR) is 80.9 cm³/mol. The van der Waals surface area contributed by atoms with Crippen molar-refractivity contribution in [2.75, 3.05) is 26.7 Å². The number of hydrogen-bond acceptors (Lipinski definition) is 3. The standard InChI is InChI=1S/C16H20N4O/c1-18-10-11-20(16(21)14-8-9-17-19(14)2)12-15(18)13-6-4-3-5-7-13/h3-9,15H,10-12H2,1-2H3/t15-/m1/s1. The van der Waals surface area contributed by atoms with Crippen molar-refractivity contribution in [2.24, 2.45) is 7.05 Å². The molecule has 5 nitrogen and oxygen atoms in total. The van der Waals surface area contributed by atoms with Gasteiger partial charge in [0, 0.05) is 32.9 Å². The summed E-state index contributed by atoms with van der Waals surface area (Å²) in [5.74, 6) is 0.0593. The molecule has 21 heavy (non-hydrogen) atoms. The molecule has 0 unspecified atom stereocenters. The van der Waals surface area contributed by atoms with Gasteiger partial charge < -0.3 is 4.90 Å². The normalized spacial score (nSPS) is 19.7. The first kappa shape index (κ1) is 13.8.